The Morgan fingerprint density at radius 1 is 1.13 bits per heavy atom. The highest BCUT2D eigenvalue weighted by Crippen LogP contribution is 2.25. The smallest absolute Gasteiger partial charge is 0.161 e. The van der Waals surface area contributed by atoms with Crippen molar-refractivity contribution in [2.75, 3.05) is 26.9 Å². The Morgan fingerprint density at radius 2 is 1.73 bits per heavy atom. The molecule has 0 atom stereocenters. The first-order chi connectivity index (χ1) is 7.31. The number of hydrogen-bond donors (Lipinski definition) is 2. The van der Waals surface area contributed by atoms with Gasteiger partial charge < -0.3 is 19.7 Å². The first-order valence-corrected chi connectivity index (χ1v) is 4.79. The van der Waals surface area contributed by atoms with Crippen molar-refractivity contribution >= 4 is 0 Å². The molecule has 0 amide bonds. The standard InChI is InChI=1S/C11H16O4/c1-14-10-4-2-3-5-11(10)15-8-9(6-12)7-13/h2-5,9,12-13H,6-8H2,1H3. The van der Waals surface area contributed by atoms with E-state index < -0.39 is 0 Å². The number of ether oxygens (including phenoxy) is 2. The maximum absolute atomic E-state index is 8.86. The highest BCUT2D eigenvalue weighted by atomic mass is 16.5. The van der Waals surface area contributed by atoms with Gasteiger partial charge in [0, 0.05) is 5.92 Å². The molecular formula is C11H16O4. The van der Waals surface area contributed by atoms with Gasteiger partial charge in [-0.1, -0.05) is 12.1 Å². The van der Waals surface area contributed by atoms with E-state index in [2.05, 4.69) is 0 Å². The summed E-state index contributed by atoms with van der Waals surface area (Å²) in [5, 5.41) is 17.7. The summed E-state index contributed by atoms with van der Waals surface area (Å²) >= 11 is 0. The molecule has 0 saturated carbocycles. The van der Waals surface area contributed by atoms with E-state index in [1.54, 1.807) is 19.2 Å². The number of methoxy groups -OCH3 is 1. The van der Waals surface area contributed by atoms with Gasteiger partial charge in [-0.25, -0.2) is 0 Å². The molecular weight excluding hydrogens is 196 g/mol. The lowest BCUT2D eigenvalue weighted by molar-refractivity contribution is 0.105. The molecule has 0 bridgehead atoms. The van der Waals surface area contributed by atoms with Gasteiger partial charge in [-0.05, 0) is 12.1 Å². The van der Waals surface area contributed by atoms with Gasteiger partial charge >= 0.3 is 0 Å². The minimum Gasteiger partial charge on any atom is -0.493 e. The van der Waals surface area contributed by atoms with Crippen molar-refractivity contribution in [3.05, 3.63) is 24.3 Å². The van der Waals surface area contributed by atoms with Crippen molar-refractivity contribution in [3.63, 3.8) is 0 Å². The molecule has 4 nitrogen and oxygen atoms in total. The summed E-state index contributed by atoms with van der Waals surface area (Å²) in [5.74, 6) is 1.01. The molecule has 0 aliphatic rings. The fourth-order valence-corrected chi connectivity index (χ4v) is 1.11. The summed E-state index contributed by atoms with van der Waals surface area (Å²) in [6, 6.07) is 7.26. The Hall–Kier alpha value is -1.26. The molecule has 2 N–H and O–H groups in total. The second kappa shape index (κ2) is 6.27. The first kappa shape index (κ1) is 11.8. The minimum absolute atomic E-state index is 0.0916. The molecule has 1 aromatic rings. The number of hydrogen-bond acceptors (Lipinski definition) is 4. The molecule has 1 aromatic carbocycles. The largest absolute Gasteiger partial charge is 0.493 e. The van der Waals surface area contributed by atoms with Crippen molar-refractivity contribution in [1.82, 2.24) is 0 Å². The zero-order valence-corrected chi connectivity index (χ0v) is 8.72. The van der Waals surface area contributed by atoms with Gasteiger partial charge in [0.2, 0.25) is 0 Å². The number of aliphatic hydroxyl groups excluding tert-OH is 2. The predicted octanol–water partition coefficient (Wildman–Crippen LogP) is 0.675. The SMILES string of the molecule is COc1ccccc1OCC(CO)CO. The van der Waals surface area contributed by atoms with Gasteiger partial charge in [0.15, 0.2) is 11.5 Å². The van der Waals surface area contributed by atoms with Crippen LogP contribution in [0.2, 0.25) is 0 Å². The normalized spacial score (nSPS) is 10.4. The second-order valence-electron chi connectivity index (χ2n) is 3.19. The Morgan fingerprint density at radius 3 is 2.27 bits per heavy atom. The zero-order valence-electron chi connectivity index (χ0n) is 8.72. The first-order valence-electron chi connectivity index (χ1n) is 4.79. The van der Waals surface area contributed by atoms with Gasteiger partial charge in [-0.2, -0.15) is 0 Å². The Labute approximate surface area is 89.1 Å². The molecule has 0 spiro atoms. The molecule has 84 valence electrons. The van der Waals surface area contributed by atoms with Gasteiger partial charge in [0.25, 0.3) is 0 Å². The Kier molecular flexibility index (Phi) is 4.93. The van der Waals surface area contributed by atoms with Crippen molar-refractivity contribution in [3.8, 4) is 11.5 Å². The third-order valence-electron chi connectivity index (χ3n) is 2.06. The maximum atomic E-state index is 8.86. The Balaban J connectivity index is 2.56. The average molecular weight is 212 g/mol. The van der Waals surface area contributed by atoms with Crippen LogP contribution in [0.3, 0.4) is 0 Å². The van der Waals surface area contributed by atoms with Crippen molar-refractivity contribution in [2.45, 2.75) is 0 Å². The van der Waals surface area contributed by atoms with E-state index in [-0.39, 0.29) is 25.7 Å². The lowest BCUT2D eigenvalue weighted by Gasteiger charge is -2.14. The molecule has 15 heavy (non-hydrogen) atoms. The van der Waals surface area contributed by atoms with E-state index in [1.165, 1.54) is 0 Å². The number of para-hydroxylation sites is 2. The Bertz CT molecular complexity index is 284. The molecule has 0 aliphatic heterocycles. The summed E-state index contributed by atoms with van der Waals surface area (Å²) in [6.07, 6.45) is 0. The van der Waals surface area contributed by atoms with Crippen molar-refractivity contribution in [1.29, 1.82) is 0 Å². The fraction of sp³-hybridized carbons (Fsp3) is 0.455. The van der Waals surface area contributed by atoms with Crippen LogP contribution in [0.25, 0.3) is 0 Å². The summed E-state index contributed by atoms with van der Waals surface area (Å²) in [5.41, 5.74) is 0. The maximum Gasteiger partial charge on any atom is 0.161 e. The lowest BCUT2D eigenvalue weighted by Crippen LogP contribution is -2.19. The highest BCUT2D eigenvalue weighted by molar-refractivity contribution is 5.39. The van der Waals surface area contributed by atoms with Gasteiger partial charge in [-0.3, -0.25) is 0 Å². The molecule has 0 heterocycles. The second-order valence-corrected chi connectivity index (χ2v) is 3.19. The summed E-state index contributed by atoms with van der Waals surface area (Å²) in [4.78, 5) is 0. The molecule has 0 saturated heterocycles. The number of aliphatic hydroxyl groups is 2. The topological polar surface area (TPSA) is 58.9 Å². The van der Waals surface area contributed by atoms with E-state index in [1.807, 2.05) is 12.1 Å². The molecule has 0 unspecified atom stereocenters. The van der Waals surface area contributed by atoms with Crippen LogP contribution in [0.4, 0.5) is 0 Å². The van der Waals surface area contributed by atoms with E-state index in [0.717, 1.165) is 0 Å². The third-order valence-corrected chi connectivity index (χ3v) is 2.06. The van der Waals surface area contributed by atoms with E-state index in [4.69, 9.17) is 19.7 Å². The van der Waals surface area contributed by atoms with Crippen LogP contribution in [-0.4, -0.2) is 37.1 Å². The van der Waals surface area contributed by atoms with Crippen molar-refractivity contribution < 1.29 is 19.7 Å². The predicted molar refractivity (Wildman–Crippen MR) is 56.2 cm³/mol. The number of benzene rings is 1. The fourth-order valence-electron chi connectivity index (χ4n) is 1.11. The van der Waals surface area contributed by atoms with Crippen LogP contribution in [0, 0.1) is 5.92 Å². The molecule has 0 radical (unpaired) electrons. The van der Waals surface area contributed by atoms with Crippen LogP contribution in [0.1, 0.15) is 0 Å². The molecule has 4 heteroatoms. The van der Waals surface area contributed by atoms with Crippen LogP contribution in [0.15, 0.2) is 24.3 Å². The van der Waals surface area contributed by atoms with Crippen LogP contribution < -0.4 is 9.47 Å². The van der Waals surface area contributed by atoms with Crippen molar-refractivity contribution in [2.24, 2.45) is 5.92 Å². The van der Waals surface area contributed by atoms with Gasteiger partial charge in [-0.15, -0.1) is 0 Å². The van der Waals surface area contributed by atoms with Crippen LogP contribution in [-0.2, 0) is 0 Å². The molecule has 0 aromatic heterocycles. The molecule has 0 fully saturated rings. The quantitative estimate of drug-likeness (QED) is 0.727. The molecule has 0 aliphatic carbocycles. The monoisotopic (exact) mass is 212 g/mol. The average Bonchev–Trinajstić information content (AvgIpc) is 2.31. The van der Waals surface area contributed by atoms with Gasteiger partial charge in [0.1, 0.15) is 0 Å². The zero-order chi connectivity index (χ0) is 11.1. The van der Waals surface area contributed by atoms with Gasteiger partial charge in [0.05, 0.1) is 26.9 Å². The van der Waals surface area contributed by atoms with E-state index in [0.29, 0.717) is 11.5 Å². The highest BCUT2D eigenvalue weighted by Gasteiger charge is 2.08. The molecule has 1 rings (SSSR count). The summed E-state index contributed by atoms with van der Waals surface area (Å²) in [6.45, 7) is 0.0880. The van der Waals surface area contributed by atoms with E-state index >= 15 is 0 Å². The lowest BCUT2D eigenvalue weighted by atomic mass is 10.2. The van der Waals surface area contributed by atoms with E-state index in [9.17, 15) is 0 Å². The third kappa shape index (κ3) is 3.42. The van der Waals surface area contributed by atoms with Crippen LogP contribution in [0.5, 0.6) is 11.5 Å². The van der Waals surface area contributed by atoms with Crippen LogP contribution >= 0.6 is 0 Å². The summed E-state index contributed by atoms with van der Waals surface area (Å²) in [7, 11) is 1.57. The minimum atomic E-state index is -0.255. The number of rotatable bonds is 6. The summed E-state index contributed by atoms with van der Waals surface area (Å²) < 4.78 is 10.5.